The zero-order valence-electron chi connectivity index (χ0n) is 16.3. The molecule has 3 rings (SSSR count). The molecule has 0 saturated carbocycles. The molecule has 1 aliphatic rings. The van der Waals surface area contributed by atoms with Gasteiger partial charge in [0.1, 0.15) is 0 Å². The van der Waals surface area contributed by atoms with Gasteiger partial charge in [0.15, 0.2) is 22.6 Å². The Morgan fingerprint density at radius 1 is 1.18 bits per heavy atom. The molecular formula is C19H28IN5O2S. The van der Waals surface area contributed by atoms with Crippen molar-refractivity contribution in [1.29, 1.82) is 0 Å². The minimum atomic E-state index is 0. The molecule has 1 fully saturated rings. The summed E-state index contributed by atoms with van der Waals surface area (Å²) in [5.74, 6) is 2.15. The molecular weight excluding hydrogens is 489 g/mol. The fraction of sp³-hybridized carbons (Fsp3) is 0.474. The van der Waals surface area contributed by atoms with Gasteiger partial charge in [0.2, 0.25) is 0 Å². The van der Waals surface area contributed by atoms with E-state index in [0.717, 1.165) is 55.7 Å². The normalized spacial score (nSPS) is 14.6. The van der Waals surface area contributed by atoms with Crippen LogP contribution in [-0.2, 0) is 6.42 Å². The van der Waals surface area contributed by atoms with Gasteiger partial charge < -0.3 is 25.0 Å². The molecule has 0 amide bonds. The predicted octanol–water partition coefficient (Wildman–Crippen LogP) is 2.85. The molecule has 2 N–H and O–H groups in total. The van der Waals surface area contributed by atoms with E-state index in [4.69, 9.17) is 15.2 Å². The minimum Gasteiger partial charge on any atom is -0.493 e. The van der Waals surface area contributed by atoms with Gasteiger partial charge in [-0.15, -0.1) is 35.3 Å². The number of aliphatic imine (C=N–C) groups is 1. The maximum Gasteiger partial charge on any atom is 0.191 e. The fourth-order valence-corrected chi connectivity index (χ4v) is 3.81. The first-order valence-corrected chi connectivity index (χ1v) is 9.99. The van der Waals surface area contributed by atoms with Gasteiger partial charge in [0, 0.05) is 44.3 Å². The highest BCUT2D eigenvalue weighted by molar-refractivity contribution is 14.0. The van der Waals surface area contributed by atoms with Crippen LogP contribution in [0.3, 0.4) is 0 Å². The summed E-state index contributed by atoms with van der Waals surface area (Å²) >= 11 is 1.68. The number of ether oxygens (including phenoxy) is 2. The van der Waals surface area contributed by atoms with Crippen molar-refractivity contribution in [2.75, 3.05) is 51.8 Å². The number of piperazine rings is 1. The van der Waals surface area contributed by atoms with Gasteiger partial charge in [-0.05, 0) is 30.5 Å². The number of rotatable bonds is 7. The summed E-state index contributed by atoms with van der Waals surface area (Å²) in [6, 6.07) is 6.02. The lowest BCUT2D eigenvalue weighted by atomic mass is 10.1. The summed E-state index contributed by atoms with van der Waals surface area (Å²) in [4.78, 5) is 13.4. The quantitative estimate of drug-likeness (QED) is 0.264. The third kappa shape index (κ3) is 5.87. The van der Waals surface area contributed by atoms with Crippen LogP contribution in [0.25, 0.3) is 0 Å². The van der Waals surface area contributed by atoms with Crippen LogP contribution in [0.5, 0.6) is 11.5 Å². The van der Waals surface area contributed by atoms with Gasteiger partial charge >= 0.3 is 0 Å². The van der Waals surface area contributed by atoms with E-state index in [-0.39, 0.29) is 24.0 Å². The number of aryl methyl sites for hydroxylation is 1. The van der Waals surface area contributed by atoms with E-state index >= 15 is 0 Å². The summed E-state index contributed by atoms with van der Waals surface area (Å²) in [5.41, 5.74) is 7.39. The lowest BCUT2D eigenvalue weighted by Crippen LogP contribution is -2.51. The number of anilines is 1. The molecule has 1 saturated heterocycles. The largest absolute Gasteiger partial charge is 0.493 e. The Morgan fingerprint density at radius 3 is 2.57 bits per heavy atom. The van der Waals surface area contributed by atoms with E-state index in [1.54, 1.807) is 25.6 Å². The molecule has 0 unspecified atom stereocenters. The van der Waals surface area contributed by atoms with Crippen molar-refractivity contribution in [2.24, 2.45) is 10.7 Å². The molecule has 0 bridgehead atoms. The molecule has 1 aromatic heterocycles. The summed E-state index contributed by atoms with van der Waals surface area (Å²) in [6.45, 7) is 4.33. The van der Waals surface area contributed by atoms with Crippen molar-refractivity contribution in [3.8, 4) is 11.5 Å². The summed E-state index contributed by atoms with van der Waals surface area (Å²) in [6.07, 6.45) is 3.71. The lowest BCUT2D eigenvalue weighted by molar-refractivity contribution is 0.354. The van der Waals surface area contributed by atoms with E-state index in [1.807, 2.05) is 23.7 Å². The predicted molar refractivity (Wildman–Crippen MR) is 126 cm³/mol. The van der Waals surface area contributed by atoms with Crippen molar-refractivity contribution >= 4 is 46.4 Å². The number of methoxy groups -OCH3 is 2. The Labute approximate surface area is 187 Å². The number of benzene rings is 1. The lowest BCUT2D eigenvalue weighted by Gasteiger charge is -2.35. The van der Waals surface area contributed by atoms with Crippen molar-refractivity contribution in [3.63, 3.8) is 0 Å². The number of hydrogen-bond acceptors (Lipinski definition) is 6. The first-order valence-electron chi connectivity index (χ1n) is 9.11. The molecule has 7 nitrogen and oxygen atoms in total. The Bertz CT molecular complexity index is 749. The van der Waals surface area contributed by atoms with Crippen molar-refractivity contribution in [3.05, 3.63) is 35.3 Å². The first kappa shape index (κ1) is 22.5. The Balaban J connectivity index is 0.00000280. The van der Waals surface area contributed by atoms with E-state index in [9.17, 15) is 0 Å². The molecule has 2 heterocycles. The third-order valence-corrected chi connectivity index (χ3v) is 5.47. The van der Waals surface area contributed by atoms with Gasteiger partial charge in [0.05, 0.1) is 14.2 Å². The van der Waals surface area contributed by atoms with E-state index < -0.39 is 0 Å². The van der Waals surface area contributed by atoms with E-state index in [2.05, 4.69) is 25.8 Å². The standard InChI is InChI=1S/C19H27N5O2S.HI/c1-25-16-6-5-15(14-17(16)26-2)4-3-7-21-18(20)23-9-11-24(12-10-23)19-22-8-13-27-19;/h5-6,8,13-14H,3-4,7,9-12H2,1-2H3,(H2,20,21);1H. The van der Waals surface area contributed by atoms with Gasteiger partial charge in [-0.1, -0.05) is 6.07 Å². The van der Waals surface area contributed by atoms with Crippen LogP contribution >= 0.6 is 35.3 Å². The average Bonchev–Trinajstić information content (AvgIpc) is 3.26. The Morgan fingerprint density at radius 2 is 1.93 bits per heavy atom. The Kier molecular flexibility index (Phi) is 9.10. The molecule has 9 heteroatoms. The van der Waals surface area contributed by atoms with Crippen LogP contribution in [0.1, 0.15) is 12.0 Å². The fourth-order valence-electron chi connectivity index (χ4n) is 3.11. The number of nitrogens with zero attached hydrogens (tertiary/aromatic N) is 4. The van der Waals surface area contributed by atoms with Gasteiger partial charge in [0.25, 0.3) is 0 Å². The highest BCUT2D eigenvalue weighted by atomic mass is 127. The van der Waals surface area contributed by atoms with Crippen molar-refractivity contribution < 1.29 is 9.47 Å². The second kappa shape index (κ2) is 11.3. The number of thiazole rings is 1. The van der Waals surface area contributed by atoms with Crippen LogP contribution in [0.4, 0.5) is 5.13 Å². The second-order valence-corrected chi connectivity index (χ2v) is 7.19. The molecule has 0 aliphatic carbocycles. The Hall–Kier alpha value is -1.75. The zero-order valence-corrected chi connectivity index (χ0v) is 19.5. The van der Waals surface area contributed by atoms with E-state index in [0.29, 0.717) is 12.5 Å². The zero-order chi connectivity index (χ0) is 19.1. The summed E-state index contributed by atoms with van der Waals surface area (Å²) in [5, 5.41) is 3.09. The first-order chi connectivity index (χ1) is 13.2. The third-order valence-electron chi connectivity index (χ3n) is 4.64. The molecule has 2 aromatic rings. The number of aromatic nitrogens is 1. The van der Waals surface area contributed by atoms with Gasteiger partial charge in [-0.25, -0.2) is 4.98 Å². The molecule has 154 valence electrons. The summed E-state index contributed by atoms with van der Waals surface area (Å²) in [7, 11) is 3.30. The number of guanidine groups is 1. The summed E-state index contributed by atoms with van der Waals surface area (Å²) < 4.78 is 10.6. The van der Waals surface area contributed by atoms with Gasteiger partial charge in [-0.3, -0.25) is 4.99 Å². The molecule has 28 heavy (non-hydrogen) atoms. The van der Waals surface area contributed by atoms with Crippen LogP contribution in [0.2, 0.25) is 0 Å². The molecule has 0 atom stereocenters. The number of nitrogens with two attached hydrogens (primary N) is 1. The average molecular weight is 517 g/mol. The van der Waals surface area contributed by atoms with Crippen LogP contribution in [0, 0.1) is 0 Å². The monoisotopic (exact) mass is 517 g/mol. The molecule has 1 aromatic carbocycles. The van der Waals surface area contributed by atoms with E-state index in [1.165, 1.54) is 5.56 Å². The SMILES string of the molecule is COc1ccc(CCCN=C(N)N2CCN(c3nccs3)CC2)cc1OC.I. The number of halogens is 1. The maximum absolute atomic E-state index is 6.18. The maximum atomic E-state index is 6.18. The van der Waals surface area contributed by atoms with Gasteiger partial charge in [-0.2, -0.15) is 0 Å². The van der Waals surface area contributed by atoms with Crippen LogP contribution in [0.15, 0.2) is 34.8 Å². The molecule has 0 spiro atoms. The highest BCUT2D eigenvalue weighted by Gasteiger charge is 2.19. The molecule has 1 aliphatic heterocycles. The highest BCUT2D eigenvalue weighted by Crippen LogP contribution is 2.28. The molecule has 0 radical (unpaired) electrons. The van der Waals surface area contributed by atoms with Crippen molar-refractivity contribution in [2.45, 2.75) is 12.8 Å². The van der Waals surface area contributed by atoms with Crippen LogP contribution < -0.4 is 20.1 Å². The second-order valence-electron chi connectivity index (χ2n) is 6.32. The minimum absolute atomic E-state index is 0. The topological polar surface area (TPSA) is 76.2 Å². The van der Waals surface area contributed by atoms with Crippen molar-refractivity contribution in [1.82, 2.24) is 9.88 Å². The van der Waals surface area contributed by atoms with Crippen LogP contribution in [-0.4, -0.2) is 62.8 Å². The smallest absolute Gasteiger partial charge is 0.191 e. The number of hydrogen-bond donors (Lipinski definition) is 1.